The van der Waals surface area contributed by atoms with E-state index in [0.29, 0.717) is 5.56 Å². The predicted octanol–water partition coefficient (Wildman–Crippen LogP) is -1.39. The summed E-state index contributed by atoms with van der Waals surface area (Å²) >= 11 is 0. The molecule has 4 aliphatic heterocycles. The molecule has 77 heavy (non-hydrogen) atoms. The van der Waals surface area contributed by atoms with Crippen LogP contribution in [0.15, 0.2) is 90.7 Å². The molecule has 0 aromatic heterocycles. The zero-order valence-electron chi connectivity index (χ0n) is 39.9. The van der Waals surface area contributed by atoms with E-state index >= 15 is 0 Å². The minimum absolute atomic E-state index is 0.00513. The molecule has 0 amide bonds. The largest absolute Gasteiger partial charge is 0.571 e. The molecule has 16 unspecified atom stereocenters. The number of carbonyl (C=O) groups excluding carboxylic acids is 2. The van der Waals surface area contributed by atoms with Crippen molar-refractivity contribution in [1.29, 1.82) is 0 Å². The van der Waals surface area contributed by atoms with Crippen molar-refractivity contribution < 1.29 is 129 Å². The van der Waals surface area contributed by atoms with E-state index in [9.17, 15) is 86.2 Å². The van der Waals surface area contributed by atoms with Gasteiger partial charge in [0.15, 0.2) is 41.2 Å². The van der Waals surface area contributed by atoms with Gasteiger partial charge in [0, 0.05) is 24.3 Å². The van der Waals surface area contributed by atoms with Crippen molar-refractivity contribution in [2.75, 3.05) is 19.8 Å². The number of fused-ring (bicyclic) bond motifs is 1. The van der Waals surface area contributed by atoms with Crippen LogP contribution in [0.5, 0.6) is 46.0 Å². The topological polar surface area (TPSA) is 424 Å². The molecule has 4 heterocycles. The molecule has 4 aromatic carbocycles. The Balaban J connectivity index is 1.10. The van der Waals surface area contributed by atoms with E-state index in [-0.39, 0.29) is 39.7 Å². The van der Waals surface area contributed by atoms with Gasteiger partial charge in [-0.3, -0.25) is 0 Å². The number of hydrogen-bond acceptors (Lipinski definition) is 25. The minimum atomic E-state index is -2.13. The standard InChI is InChI=1S/C51H54O26/c52-18-34-39(61)42(64)45(67)49(74-34)72-32-16-25(54)15-31-26(32)17-33(47(71-31)23-5-7-24(53)8-6-23)73-51-48(44(66)41(63)36(76-51)20-70-38(60)12-4-22-2-10-28(56)30(58)14-22)77-50-46(68)43(65)40(62)35(75-50)19-69-37(59)11-3-21-1-9-27(55)29(57)13-21/h1-17,34-36,39-58,61-68H,18-20H2/p+1. The third kappa shape index (κ3) is 12.8. The number of rotatable bonds is 16. The van der Waals surface area contributed by atoms with Gasteiger partial charge in [-0.25, -0.2) is 9.59 Å². The summed E-state index contributed by atoms with van der Waals surface area (Å²) in [5, 5.41) is 158. The third-order valence-corrected chi connectivity index (χ3v) is 12.7. The van der Waals surface area contributed by atoms with E-state index in [1.165, 1.54) is 72.8 Å². The van der Waals surface area contributed by atoms with Crippen LogP contribution in [0.3, 0.4) is 0 Å². The first-order chi connectivity index (χ1) is 36.7. The maximum atomic E-state index is 12.9. The Morgan fingerprint density at radius 2 is 1.05 bits per heavy atom. The Hall–Kier alpha value is -7.28. The smallest absolute Gasteiger partial charge is 0.330 e. The molecule has 16 N–H and O–H groups in total. The number of phenolic OH excluding ortho intramolecular Hbond substituents is 6. The van der Waals surface area contributed by atoms with Crippen molar-refractivity contribution in [3.05, 3.63) is 113 Å². The predicted molar refractivity (Wildman–Crippen MR) is 256 cm³/mol. The van der Waals surface area contributed by atoms with E-state index in [0.717, 1.165) is 30.4 Å². The van der Waals surface area contributed by atoms with Gasteiger partial charge < -0.3 is 119 Å². The molecule has 8 rings (SSSR count). The van der Waals surface area contributed by atoms with E-state index in [4.69, 9.17) is 42.6 Å². The van der Waals surface area contributed by atoms with Gasteiger partial charge in [0.25, 0.3) is 11.9 Å². The molecule has 0 radical (unpaired) electrons. The maximum absolute atomic E-state index is 12.9. The zero-order valence-corrected chi connectivity index (χ0v) is 39.9. The van der Waals surface area contributed by atoms with Crippen molar-refractivity contribution in [3.8, 4) is 46.0 Å². The van der Waals surface area contributed by atoms with Gasteiger partial charge in [-0.05, 0) is 71.8 Å². The number of esters is 2. The van der Waals surface area contributed by atoms with E-state index in [1.807, 2.05) is 0 Å². The summed E-state index contributed by atoms with van der Waals surface area (Å²) in [5.41, 5.74) is 0.864. The average Bonchev–Trinajstić information content (AvgIpc) is 3.42. The van der Waals surface area contributed by atoms with Gasteiger partial charge in [-0.2, -0.15) is 0 Å². The molecule has 0 saturated carbocycles. The molecule has 3 fully saturated rings. The van der Waals surface area contributed by atoms with Crippen LogP contribution in [0.1, 0.15) is 28.4 Å². The highest BCUT2D eigenvalue weighted by Gasteiger charge is 2.53. The highest BCUT2D eigenvalue weighted by molar-refractivity contribution is 5.87. The number of aromatic hydroxyl groups is 7. The van der Waals surface area contributed by atoms with Crippen molar-refractivity contribution >= 4 is 30.2 Å². The van der Waals surface area contributed by atoms with Crippen LogP contribution in [-0.2, 0) is 42.7 Å². The highest BCUT2D eigenvalue weighted by atomic mass is 16.8. The second-order valence-corrected chi connectivity index (χ2v) is 18.0. The molecule has 26 nitrogen and oxygen atoms in total. The van der Waals surface area contributed by atoms with Crippen LogP contribution in [0.25, 0.3) is 18.2 Å². The lowest BCUT2D eigenvalue weighted by Gasteiger charge is -2.46. The van der Waals surface area contributed by atoms with Crippen molar-refractivity contribution in [2.45, 2.75) is 98.2 Å². The van der Waals surface area contributed by atoms with E-state index < -0.39 is 159 Å². The lowest BCUT2D eigenvalue weighted by Crippen LogP contribution is -2.64. The average molecular weight is 1080 g/mol. The number of phenols is 6. The summed E-state index contributed by atoms with van der Waals surface area (Å²) in [6, 6.07) is 15.2. The van der Waals surface area contributed by atoms with Crippen LogP contribution in [0.2, 0.25) is 0 Å². The summed E-state index contributed by atoms with van der Waals surface area (Å²) in [7, 11) is 0. The van der Waals surface area contributed by atoms with Gasteiger partial charge in [0.05, 0.1) is 18.2 Å². The number of hydrogen-bond donors (Lipinski definition) is 15. The molecule has 16 atom stereocenters. The quantitative estimate of drug-likeness (QED) is 0.0266. The second-order valence-electron chi connectivity index (χ2n) is 18.0. The van der Waals surface area contributed by atoms with Crippen molar-refractivity contribution in [2.24, 2.45) is 0 Å². The lowest BCUT2D eigenvalue weighted by atomic mass is 9.97. The lowest BCUT2D eigenvalue weighted by molar-refractivity contribution is -0.364. The summed E-state index contributed by atoms with van der Waals surface area (Å²) in [5.74, 6) is -4.85. The first-order valence-corrected chi connectivity index (χ1v) is 23.5. The molecule has 4 aromatic rings. The molecule has 0 spiro atoms. The Bertz CT molecular complexity index is 2820. The first-order valence-electron chi connectivity index (χ1n) is 23.5. The summed E-state index contributed by atoms with van der Waals surface area (Å²) in [4.78, 5) is 25.7. The van der Waals surface area contributed by atoms with Crippen LogP contribution < -0.4 is 4.74 Å². The number of ether oxygens (including phenoxy) is 9. The number of benzene rings is 4. The maximum Gasteiger partial charge on any atom is 0.330 e. The normalized spacial score (nSPS) is 31.2. The van der Waals surface area contributed by atoms with Gasteiger partial charge >= 0.3 is 11.9 Å². The second kappa shape index (κ2) is 23.9. The van der Waals surface area contributed by atoms with Gasteiger partial charge in [0.2, 0.25) is 12.6 Å². The monoisotopic (exact) mass is 1080 g/mol. The Kier molecular flexibility index (Phi) is 17.4. The highest BCUT2D eigenvalue weighted by Crippen LogP contribution is 2.47. The molecular formula is C51H55O26+. The molecule has 0 aliphatic carbocycles. The number of aliphatic hydroxyl groups is 10. The SMILES string of the molecule is O=C(C=Cc1ccc(O)c(O)c1)OCC1OC(OC2C(OC3=Cc4c(OC5OC(CO)C(O)C(O)C5O)cc(O)cc4[OH+]C3c3ccc(O)cc3)OC(COC(=O)C=Cc3ccc(O)c(O)c3)C(O)C2O)C(O)C(O)C1O. The van der Waals surface area contributed by atoms with Crippen LogP contribution in [0.4, 0.5) is 0 Å². The number of carbonyl (C=O) groups is 2. The first kappa shape index (κ1) is 55.9. The molecule has 414 valence electrons. The van der Waals surface area contributed by atoms with Gasteiger partial charge in [-0.1, -0.05) is 12.1 Å². The summed E-state index contributed by atoms with van der Waals surface area (Å²) < 4.78 is 51.2. The Morgan fingerprint density at radius 3 is 1.61 bits per heavy atom. The fourth-order valence-corrected chi connectivity index (χ4v) is 8.43. The molecule has 0 bridgehead atoms. The zero-order chi connectivity index (χ0) is 55.4. The van der Waals surface area contributed by atoms with Crippen molar-refractivity contribution in [1.82, 2.24) is 0 Å². The van der Waals surface area contributed by atoms with Gasteiger partial charge in [-0.15, -0.1) is 0 Å². The van der Waals surface area contributed by atoms with E-state index in [2.05, 4.69) is 0 Å². The Morgan fingerprint density at radius 1 is 0.532 bits per heavy atom. The summed E-state index contributed by atoms with van der Waals surface area (Å²) in [6.07, 6.45) is -23.9. The van der Waals surface area contributed by atoms with Crippen molar-refractivity contribution in [3.63, 3.8) is 0 Å². The fourth-order valence-electron chi connectivity index (χ4n) is 8.43. The number of aliphatic hydroxyl groups excluding tert-OH is 9. The molecule has 4 aliphatic rings. The van der Waals surface area contributed by atoms with Gasteiger partial charge in [0.1, 0.15) is 103 Å². The Labute approximate surface area is 435 Å². The van der Waals surface area contributed by atoms with Crippen LogP contribution in [-0.4, -0.2) is 205 Å². The minimum Gasteiger partial charge on any atom is -0.571 e. The molecular weight excluding hydrogens is 1030 g/mol. The fraction of sp³-hybridized carbons (Fsp3) is 0.373. The molecule has 26 heteroatoms. The van der Waals surface area contributed by atoms with E-state index in [1.54, 1.807) is 0 Å². The van der Waals surface area contributed by atoms with Crippen LogP contribution in [0, 0.1) is 0 Å². The molecule has 3 saturated heterocycles. The summed E-state index contributed by atoms with van der Waals surface area (Å²) in [6.45, 7) is -2.37. The third-order valence-electron chi connectivity index (χ3n) is 12.7. The van der Waals surface area contributed by atoms with Crippen LogP contribution >= 0.6 is 0 Å².